The van der Waals surface area contributed by atoms with Crippen LogP contribution in [0.2, 0.25) is 0 Å². The average molecular weight is 285 g/mol. The van der Waals surface area contributed by atoms with Gasteiger partial charge in [0.25, 0.3) is 5.91 Å². The number of amides is 1. The molecule has 0 spiro atoms. The summed E-state index contributed by atoms with van der Waals surface area (Å²) in [4.78, 5) is 20.3. The van der Waals surface area contributed by atoms with Crippen LogP contribution in [0, 0.1) is 13.8 Å². The molecule has 1 aromatic carbocycles. The Morgan fingerprint density at radius 2 is 2.00 bits per heavy atom. The zero-order valence-corrected chi connectivity index (χ0v) is 12.7. The van der Waals surface area contributed by atoms with Gasteiger partial charge in [0.15, 0.2) is 0 Å². The Balaban J connectivity index is 2.17. The number of hydrogen-bond donors (Lipinski definition) is 1. The van der Waals surface area contributed by atoms with Gasteiger partial charge in [0.2, 0.25) is 0 Å². The normalized spacial score (nSPS) is 11.8. The van der Waals surface area contributed by atoms with Gasteiger partial charge in [0.05, 0.1) is 25.0 Å². The zero-order chi connectivity index (χ0) is 15.4. The van der Waals surface area contributed by atoms with Gasteiger partial charge in [0.1, 0.15) is 11.4 Å². The maximum atomic E-state index is 12.2. The van der Waals surface area contributed by atoms with Gasteiger partial charge in [-0.05, 0) is 26.8 Å². The van der Waals surface area contributed by atoms with Gasteiger partial charge < -0.3 is 10.1 Å². The molecule has 1 atom stereocenters. The molecule has 5 nitrogen and oxygen atoms in total. The number of nitrogens with zero attached hydrogens (tertiary/aromatic N) is 2. The molecule has 0 aliphatic heterocycles. The van der Waals surface area contributed by atoms with E-state index in [-0.39, 0.29) is 11.9 Å². The molecular weight excluding hydrogens is 266 g/mol. The van der Waals surface area contributed by atoms with Crippen LogP contribution in [0.5, 0.6) is 5.75 Å². The molecular formula is C16H19N3O2. The van der Waals surface area contributed by atoms with E-state index < -0.39 is 0 Å². The van der Waals surface area contributed by atoms with Gasteiger partial charge >= 0.3 is 0 Å². The number of benzene rings is 1. The van der Waals surface area contributed by atoms with E-state index in [1.165, 1.54) is 6.20 Å². The number of aryl methyl sites for hydroxylation is 2. The van der Waals surface area contributed by atoms with Gasteiger partial charge in [0, 0.05) is 11.8 Å². The summed E-state index contributed by atoms with van der Waals surface area (Å²) in [6.07, 6.45) is 3.05. The lowest BCUT2D eigenvalue weighted by Gasteiger charge is -2.17. The Morgan fingerprint density at radius 3 is 2.62 bits per heavy atom. The lowest BCUT2D eigenvalue weighted by molar-refractivity contribution is 0.0934. The second kappa shape index (κ2) is 6.35. The quantitative estimate of drug-likeness (QED) is 0.937. The second-order valence-corrected chi connectivity index (χ2v) is 4.98. The molecule has 5 heteroatoms. The standard InChI is InChI=1S/C16H19N3O2/c1-10-5-6-15(21-4)13(7-10)12(3)19-16(20)14-9-17-11(2)8-18-14/h5-9,12H,1-4H3,(H,19,20). The first-order valence-electron chi connectivity index (χ1n) is 6.75. The molecule has 110 valence electrons. The minimum absolute atomic E-state index is 0.185. The Morgan fingerprint density at radius 1 is 1.24 bits per heavy atom. The van der Waals surface area contributed by atoms with E-state index in [1.807, 2.05) is 39.0 Å². The van der Waals surface area contributed by atoms with E-state index in [4.69, 9.17) is 4.74 Å². The van der Waals surface area contributed by atoms with Crippen molar-refractivity contribution in [2.45, 2.75) is 26.8 Å². The van der Waals surface area contributed by atoms with E-state index in [2.05, 4.69) is 15.3 Å². The molecule has 0 aliphatic carbocycles. The molecule has 1 heterocycles. The van der Waals surface area contributed by atoms with Crippen LogP contribution in [-0.4, -0.2) is 23.0 Å². The van der Waals surface area contributed by atoms with Crippen LogP contribution < -0.4 is 10.1 Å². The Kier molecular flexibility index (Phi) is 4.52. The van der Waals surface area contributed by atoms with Crippen LogP contribution in [-0.2, 0) is 0 Å². The first-order chi connectivity index (χ1) is 10.0. The van der Waals surface area contributed by atoms with Crippen molar-refractivity contribution in [1.82, 2.24) is 15.3 Å². The fourth-order valence-corrected chi connectivity index (χ4v) is 2.05. The van der Waals surface area contributed by atoms with Crippen molar-refractivity contribution in [3.8, 4) is 5.75 Å². The van der Waals surface area contributed by atoms with E-state index in [0.29, 0.717) is 5.69 Å². The van der Waals surface area contributed by atoms with Crippen molar-refractivity contribution < 1.29 is 9.53 Å². The topological polar surface area (TPSA) is 64.1 Å². The first kappa shape index (κ1) is 15.0. The number of aromatic nitrogens is 2. The Bertz CT molecular complexity index is 638. The highest BCUT2D eigenvalue weighted by molar-refractivity contribution is 5.92. The molecule has 2 aromatic rings. The van der Waals surface area contributed by atoms with E-state index in [1.54, 1.807) is 13.3 Å². The highest BCUT2D eigenvalue weighted by atomic mass is 16.5. The molecule has 1 N–H and O–H groups in total. The fourth-order valence-electron chi connectivity index (χ4n) is 2.05. The molecule has 0 saturated carbocycles. The van der Waals surface area contributed by atoms with Crippen LogP contribution in [0.15, 0.2) is 30.6 Å². The molecule has 1 aromatic heterocycles. The van der Waals surface area contributed by atoms with E-state index in [9.17, 15) is 4.79 Å². The Hall–Kier alpha value is -2.43. The largest absolute Gasteiger partial charge is 0.496 e. The van der Waals surface area contributed by atoms with Crippen LogP contribution >= 0.6 is 0 Å². The molecule has 0 fully saturated rings. The van der Waals surface area contributed by atoms with Gasteiger partial charge in [-0.25, -0.2) is 4.98 Å². The van der Waals surface area contributed by atoms with Gasteiger partial charge in [-0.3, -0.25) is 9.78 Å². The van der Waals surface area contributed by atoms with Gasteiger partial charge in [-0.2, -0.15) is 0 Å². The van der Waals surface area contributed by atoms with Crippen molar-refractivity contribution in [2.75, 3.05) is 7.11 Å². The predicted molar refractivity (Wildman–Crippen MR) is 80.4 cm³/mol. The van der Waals surface area contributed by atoms with Crippen molar-refractivity contribution >= 4 is 5.91 Å². The molecule has 1 amide bonds. The third kappa shape index (κ3) is 3.56. The lowest BCUT2D eigenvalue weighted by Crippen LogP contribution is -2.28. The number of methoxy groups -OCH3 is 1. The number of carbonyl (C=O) groups excluding carboxylic acids is 1. The summed E-state index contributed by atoms with van der Waals surface area (Å²) in [6, 6.07) is 5.70. The third-order valence-corrected chi connectivity index (χ3v) is 3.21. The maximum absolute atomic E-state index is 12.2. The average Bonchev–Trinajstić information content (AvgIpc) is 2.47. The number of hydrogen-bond acceptors (Lipinski definition) is 4. The molecule has 2 rings (SSSR count). The molecule has 0 bridgehead atoms. The van der Waals surface area contributed by atoms with E-state index >= 15 is 0 Å². The number of ether oxygens (including phenoxy) is 1. The fraction of sp³-hybridized carbons (Fsp3) is 0.312. The minimum atomic E-state index is -0.251. The summed E-state index contributed by atoms with van der Waals surface area (Å²) in [5.74, 6) is 0.502. The van der Waals surface area contributed by atoms with Gasteiger partial charge in [-0.15, -0.1) is 0 Å². The number of carbonyl (C=O) groups is 1. The first-order valence-corrected chi connectivity index (χ1v) is 6.75. The van der Waals surface area contributed by atoms with Crippen molar-refractivity contribution in [3.05, 3.63) is 53.1 Å². The summed E-state index contributed by atoms with van der Waals surface area (Å²) in [6.45, 7) is 5.74. The summed E-state index contributed by atoms with van der Waals surface area (Å²) in [5, 5.41) is 2.91. The monoisotopic (exact) mass is 285 g/mol. The predicted octanol–water partition coefficient (Wildman–Crippen LogP) is 2.59. The van der Waals surface area contributed by atoms with E-state index in [0.717, 1.165) is 22.6 Å². The Labute approximate surface area is 124 Å². The van der Waals surface area contributed by atoms with Crippen LogP contribution in [0.1, 0.15) is 40.3 Å². The maximum Gasteiger partial charge on any atom is 0.271 e. The summed E-state index contributed by atoms with van der Waals surface area (Å²) >= 11 is 0. The molecule has 0 radical (unpaired) electrons. The smallest absolute Gasteiger partial charge is 0.271 e. The minimum Gasteiger partial charge on any atom is -0.496 e. The van der Waals surface area contributed by atoms with Crippen LogP contribution in [0.3, 0.4) is 0 Å². The second-order valence-electron chi connectivity index (χ2n) is 4.98. The summed E-state index contributed by atoms with van der Waals surface area (Å²) < 4.78 is 5.35. The summed E-state index contributed by atoms with van der Waals surface area (Å²) in [7, 11) is 1.62. The number of nitrogens with one attached hydrogen (secondary N) is 1. The molecule has 0 saturated heterocycles. The molecule has 21 heavy (non-hydrogen) atoms. The van der Waals surface area contributed by atoms with Crippen molar-refractivity contribution in [2.24, 2.45) is 0 Å². The van der Waals surface area contributed by atoms with Gasteiger partial charge in [-0.1, -0.05) is 17.7 Å². The lowest BCUT2D eigenvalue weighted by atomic mass is 10.0. The van der Waals surface area contributed by atoms with Crippen LogP contribution in [0.4, 0.5) is 0 Å². The highest BCUT2D eigenvalue weighted by Crippen LogP contribution is 2.26. The van der Waals surface area contributed by atoms with Crippen LogP contribution in [0.25, 0.3) is 0 Å². The SMILES string of the molecule is COc1ccc(C)cc1C(C)NC(=O)c1cnc(C)cn1. The molecule has 0 aliphatic rings. The summed E-state index contributed by atoms with van der Waals surface area (Å²) in [5.41, 5.74) is 3.13. The van der Waals surface area contributed by atoms with Crippen molar-refractivity contribution in [1.29, 1.82) is 0 Å². The third-order valence-electron chi connectivity index (χ3n) is 3.21. The molecule has 1 unspecified atom stereocenters. The number of rotatable bonds is 4. The van der Waals surface area contributed by atoms with Crippen molar-refractivity contribution in [3.63, 3.8) is 0 Å². The zero-order valence-electron chi connectivity index (χ0n) is 12.7. The highest BCUT2D eigenvalue weighted by Gasteiger charge is 2.16.